The number of nitrogens with one attached hydrogen (secondary N) is 2. The van der Waals surface area contributed by atoms with E-state index in [-0.39, 0.29) is 5.75 Å². The number of aromatic amines is 2. The van der Waals surface area contributed by atoms with Crippen molar-refractivity contribution in [1.82, 2.24) is 30.1 Å². The average Bonchev–Trinajstić information content (AvgIpc) is 3.43. The van der Waals surface area contributed by atoms with Gasteiger partial charge in [-0.05, 0) is 35.9 Å². The van der Waals surface area contributed by atoms with Crippen molar-refractivity contribution >= 4 is 21.8 Å². The fourth-order valence-corrected chi connectivity index (χ4v) is 3.92. The van der Waals surface area contributed by atoms with Gasteiger partial charge in [-0.15, -0.1) is 0 Å². The van der Waals surface area contributed by atoms with Crippen molar-refractivity contribution < 1.29 is 5.11 Å². The number of nitrogens with zero attached hydrogens (tertiary/aromatic N) is 4. The fraction of sp³-hybridized carbons (Fsp3) is 0. The molecule has 6 aromatic rings. The van der Waals surface area contributed by atoms with Crippen LogP contribution in [-0.2, 0) is 0 Å². The second-order valence-electron chi connectivity index (χ2n) is 7.34. The molecule has 6 rings (SSSR count). The lowest BCUT2D eigenvalue weighted by Crippen LogP contribution is -1.82. The number of hydrogen-bond acceptors (Lipinski definition) is 5. The lowest BCUT2D eigenvalue weighted by atomic mass is 10.0. The normalized spacial score (nSPS) is 11.4. The van der Waals surface area contributed by atoms with Crippen molar-refractivity contribution in [3.63, 3.8) is 0 Å². The van der Waals surface area contributed by atoms with Crippen LogP contribution in [0.15, 0.2) is 79.6 Å². The highest BCUT2D eigenvalue weighted by Gasteiger charge is 2.15. The third-order valence-electron chi connectivity index (χ3n) is 5.39. The number of fused-ring (bicyclic) bond motifs is 2. The van der Waals surface area contributed by atoms with Crippen molar-refractivity contribution in [2.24, 2.45) is 0 Å². The van der Waals surface area contributed by atoms with Crippen LogP contribution < -0.4 is 0 Å². The second kappa shape index (κ2) is 6.77. The van der Waals surface area contributed by atoms with Gasteiger partial charge in [-0.1, -0.05) is 12.1 Å². The Morgan fingerprint density at radius 2 is 1.61 bits per heavy atom. The first kappa shape index (κ1) is 17.3. The molecule has 0 fully saturated rings. The topological polar surface area (TPSA) is 103 Å². The van der Waals surface area contributed by atoms with Crippen LogP contribution in [0.3, 0.4) is 0 Å². The van der Waals surface area contributed by atoms with Crippen molar-refractivity contribution in [2.45, 2.75) is 0 Å². The van der Waals surface area contributed by atoms with Gasteiger partial charge in [0.2, 0.25) is 0 Å². The highest BCUT2D eigenvalue weighted by molar-refractivity contribution is 6.01. The van der Waals surface area contributed by atoms with E-state index in [4.69, 9.17) is 0 Å². The second-order valence-corrected chi connectivity index (χ2v) is 7.34. The smallest absolute Gasteiger partial charge is 0.134 e. The number of rotatable bonds is 3. The molecule has 7 heteroatoms. The molecule has 0 amide bonds. The van der Waals surface area contributed by atoms with Gasteiger partial charge in [-0.2, -0.15) is 5.10 Å². The third-order valence-corrected chi connectivity index (χ3v) is 5.39. The predicted molar refractivity (Wildman–Crippen MR) is 119 cm³/mol. The maximum Gasteiger partial charge on any atom is 0.134 e. The SMILES string of the molecule is Oc1cncc(-c2ccc3[nH]nc(-c4cc5c(-c6cccnc6)cncc5[nH]4)c3c2)c1. The van der Waals surface area contributed by atoms with E-state index in [2.05, 4.69) is 42.3 Å². The molecule has 0 unspecified atom stereocenters. The summed E-state index contributed by atoms with van der Waals surface area (Å²) in [5, 5.41) is 19.5. The number of H-pyrrole nitrogens is 2. The molecule has 0 aliphatic carbocycles. The van der Waals surface area contributed by atoms with Gasteiger partial charge in [0.1, 0.15) is 11.4 Å². The number of aromatic nitrogens is 6. The van der Waals surface area contributed by atoms with Crippen LogP contribution in [-0.4, -0.2) is 35.2 Å². The molecule has 5 heterocycles. The zero-order valence-corrected chi connectivity index (χ0v) is 16.2. The van der Waals surface area contributed by atoms with E-state index in [1.54, 1.807) is 18.5 Å². The molecule has 0 spiro atoms. The van der Waals surface area contributed by atoms with Crippen LogP contribution in [0.1, 0.15) is 0 Å². The Balaban J connectivity index is 1.51. The van der Waals surface area contributed by atoms with Crippen LogP contribution in [0.25, 0.3) is 55.4 Å². The summed E-state index contributed by atoms with van der Waals surface area (Å²) in [5.41, 5.74) is 7.39. The summed E-state index contributed by atoms with van der Waals surface area (Å²) in [6.45, 7) is 0. The Morgan fingerprint density at radius 3 is 2.48 bits per heavy atom. The molecule has 0 saturated carbocycles. The molecule has 0 bridgehead atoms. The largest absolute Gasteiger partial charge is 0.506 e. The number of aromatic hydroxyl groups is 1. The van der Waals surface area contributed by atoms with E-state index in [9.17, 15) is 5.11 Å². The quantitative estimate of drug-likeness (QED) is 0.388. The molecule has 148 valence electrons. The standard InChI is InChI=1S/C24H16N6O/c31-17-6-16(10-26-11-17)14-3-4-21-19(7-14)24(30-29-21)22-8-18-20(12-27-13-23(18)28-22)15-2-1-5-25-9-15/h1-13,28,31H,(H,29,30). The Kier molecular flexibility index (Phi) is 3.79. The van der Waals surface area contributed by atoms with E-state index >= 15 is 0 Å². The van der Waals surface area contributed by atoms with Gasteiger partial charge in [0.15, 0.2) is 0 Å². The van der Waals surface area contributed by atoms with Crippen LogP contribution in [0.5, 0.6) is 5.75 Å². The molecule has 3 N–H and O–H groups in total. The molecule has 0 aliphatic heterocycles. The van der Waals surface area contributed by atoms with E-state index in [0.29, 0.717) is 0 Å². The van der Waals surface area contributed by atoms with Crippen molar-refractivity contribution in [2.75, 3.05) is 0 Å². The predicted octanol–water partition coefficient (Wildman–Crippen LogP) is 4.94. The molecule has 0 saturated heterocycles. The molecule has 5 aromatic heterocycles. The summed E-state index contributed by atoms with van der Waals surface area (Å²) in [4.78, 5) is 16.2. The van der Waals surface area contributed by atoms with E-state index in [0.717, 1.165) is 55.4 Å². The average molecular weight is 404 g/mol. The number of benzene rings is 1. The van der Waals surface area contributed by atoms with E-state index < -0.39 is 0 Å². The van der Waals surface area contributed by atoms with Crippen molar-refractivity contribution in [1.29, 1.82) is 0 Å². The van der Waals surface area contributed by atoms with Gasteiger partial charge in [0.25, 0.3) is 0 Å². The lowest BCUT2D eigenvalue weighted by Gasteiger charge is -2.02. The Bertz CT molecular complexity index is 1550. The molecule has 31 heavy (non-hydrogen) atoms. The molecule has 0 radical (unpaired) electrons. The maximum absolute atomic E-state index is 9.78. The van der Waals surface area contributed by atoms with Crippen molar-refractivity contribution in [3.8, 4) is 39.4 Å². The van der Waals surface area contributed by atoms with Crippen LogP contribution in [0, 0.1) is 0 Å². The molecule has 7 nitrogen and oxygen atoms in total. The Labute approximate surface area is 176 Å². The van der Waals surface area contributed by atoms with Gasteiger partial charge in [-0.25, -0.2) is 0 Å². The lowest BCUT2D eigenvalue weighted by molar-refractivity contribution is 0.473. The summed E-state index contributed by atoms with van der Waals surface area (Å²) in [6, 6.07) is 13.7. The van der Waals surface area contributed by atoms with Gasteiger partial charge in [-0.3, -0.25) is 20.1 Å². The molecular formula is C24H16N6O. The highest BCUT2D eigenvalue weighted by atomic mass is 16.3. The Morgan fingerprint density at radius 1 is 0.710 bits per heavy atom. The van der Waals surface area contributed by atoms with Gasteiger partial charge < -0.3 is 10.1 Å². The minimum absolute atomic E-state index is 0.135. The molecular weight excluding hydrogens is 388 g/mol. The van der Waals surface area contributed by atoms with Crippen LogP contribution >= 0.6 is 0 Å². The summed E-state index contributed by atoms with van der Waals surface area (Å²) in [5.74, 6) is 0.135. The first-order chi connectivity index (χ1) is 15.3. The minimum Gasteiger partial charge on any atom is -0.506 e. The third kappa shape index (κ3) is 2.91. The van der Waals surface area contributed by atoms with Gasteiger partial charge in [0, 0.05) is 52.3 Å². The van der Waals surface area contributed by atoms with Gasteiger partial charge >= 0.3 is 0 Å². The van der Waals surface area contributed by atoms with Gasteiger partial charge in [0.05, 0.1) is 29.1 Å². The number of hydrogen-bond donors (Lipinski definition) is 3. The highest BCUT2D eigenvalue weighted by Crippen LogP contribution is 2.34. The Hall–Kier alpha value is -4.52. The molecule has 0 atom stereocenters. The fourth-order valence-electron chi connectivity index (χ4n) is 3.92. The van der Waals surface area contributed by atoms with E-state index in [1.807, 2.05) is 42.9 Å². The zero-order chi connectivity index (χ0) is 20.8. The molecule has 1 aromatic carbocycles. The number of pyridine rings is 3. The zero-order valence-electron chi connectivity index (χ0n) is 16.2. The molecule has 0 aliphatic rings. The summed E-state index contributed by atoms with van der Waals surface area (Å²) in [7, 11) is 0. The van der Waals surface area contributed by atoms with Crippen LogP contribution in [0.2, 0.25) is 0 Å². The summed E-state index contributed by atoms with van der Waals surface area (Å²) in [6.07, 6.45) is 10.4. The first-order valence-corrected chi connectivity index (χ1v) is 9.76. The van der Waals surface area contributed by atoms with Crippen molar-refractivity contribution in [3.05, 3.63) is 79.6 Å². The van der Waals surface area contributed by atoms with E-state index in [1.165, 1.54) is 6.20 Å². The monoisotopic (exact) mass is 404 g/mol. The maximum atomic E-state index is 9.78. The summed E-state index contributed by atoms with van der Waals surface area (Å²) >= 11 is 0. The van der Waals surface area contributed by atoms with Crippen LogP contribution in [0.4, 0.5) is 0 Å². The minimum atomic E-state index is 0.135. The first-order valence-electron chi connectivity index (χ1n) is 9.76. The summed E-state index contributed by atoms with van der Waals surface area (Å²) < 4.78 is 0.